The van der Waals surface area contributed by atoms with Crippen LogP contribution in [0.5, 0.6) is 0 Å². The molecule has 4 aromatic rings. The number of para-hydroxylation sites is 1. The molecule has 0 bridgehead atoms. The average molecular weight is 410 g/mol. The van der Waals surface area contributed by atoms with E-state index in [9.17, 15) is 4.79 Å². The number of fused-ring (bicyclic) bond motifs is 1. The van der Waals surface area contributed by atoms with Crippen LogP contribution in [-0.4, -0.2) is 36.7 Å². The number of aromatic nitrogens is 5. The smallest absolute Gasteiger partial charge is 0.255 e. The number of rotatable bonds is 4. The van der Waals surface area contributed by atoms with Crippen LogP contribution in [0.4, 0.5) is 0 Å². The second-order valence-corrected chi connectivity index (χ2v) is 7.72. The molecule has 7 heteroatoms. The van der Waals surface area contributed by atoms with E-state index >= 15 is 0 Å². The number of carbonyl (C=O) groups is 1. The van der Waals surface area contributed by atoms with Crippen LogP contribution >= 0.6 is 0 Å². The summed E-state index contributed by atoms with van der Waals surface area (Å²) in [6.45, 7) is 1.90. The second kappa shape index (κ2) is 8.10. The molecule has 1 unspecified atom stereocenters. The fourth-order valence-electron chi connectivity index (χ4n) is 3.96. The molecule has 1 atom stereocenters. The van der Waals surface area contributed by atoms with Gasteiger partial charge >= 0.3 is 0 Å². The average Bonchev–Trinajstić information content (AvgIpc) is 3.26. The van der Waals surface area contributed by atoms with Crippen LogP contribution in [0.2, 0.25) is 0 Å². The minimum atomic E-state index is -0.137. The van der Waals surface area contributed by atoms with E-state index in [2.05, 4.69) is 20.3 Å². The number of benzene rings is 1. The molecule has 1 N–H and O–H groups in total. The highest BCUT2D eigenvalue weighted by Gasteiger charge is 2.25. The zero-order chi connectivity index (χ0) is 21.2. The Bertz CT molecular complexity index is 1220. The van der Waals surface area contributed by atoms with Gasteiger partial charge in [0, 0.05) is 42.1 Å². The van der Waals surface area contributed by atoms with E-state index in [4.69, 9.17) is 5.10 Å². The molecule has 154 valence electrons. The predicted octanol–water partition coefficient (Wildman–Crippen LogP) is 3.32. The van der Waals surface area contributed by atoms with Crippen LogP contribution in [0.3, 0.4) is 0 Å². The Kier molecular flexibility index (Phi) is 5.00. The molecule has 0 fully saturated rings. The van der Waals surface area contributed by atoms with Crippen molar-refractivity contribution in [2.75, 3.05) is 0 Å². The van der Waals surface area contributed by atoms with Gasteiger partial charge in [-0.05, 0) is 56.0 Å². The van der Waals surface area contributed by atoms with Crippen LogP contribution in [-0.2, 0) is 12.8 Å². The summed E-state index contributed by atoms with van der Waals surface area (Å²) in [4.78, 5) is 26.3. The van der Waals surface area contributed by atoms with Crippen molar-refractivity contribution in [3.05, 3.63) is 89.9 Å². The molecule has 0 saturated carbocycles. The van der Waals surface area contributed by atoms with Gasteiger partial charge in [-0.2, -0.15) is 5.10 Å². The summed E-state index contributed by atoms with van der Waals surface area (Å²) in [5.74, 6) is 0.651. The van der Waals surface area contributed by atoms with Crippen LogP contribution in [0.25, 0.3) is 16.9 Å². The van der Waals surface area contributed by atoms with Crippen molar-refractivity contribution in [3.63, 3.8) is 0 Å². The quantitative estimate of drug-likeness (QED) is 0.558. The zero-order valence-corrected chi connectivity index (χ0v) is 17.2. The molecule has 7 nitrogen and oxygen atoms in total. The van der Waals surface area contributed by atoms with E-state index < -0.39 is 0 Å². The third-order valence-corrected chi connectivity index (χ3v) is 5.52. The Balaban J connectivity index is 1.44. The van der Waals surface area contributed by atoms with E-state index in [-0.39, 0.29) is 11.9 Å². The van der Waals surface area contributed by atoms with Crippen molar-refractivity contribution >= 4 is 5.91 Å². The molecule has 0 aliphatic heterocycles. The molecular weight excluding hydrogens is 388 g/mol. The fraction of sp³-hybridized carbons (Fsp3) is 0.208. The molecule has 31 heavy (non-hydrogen) atoms. The summed E-state index contributed by atoms with van der Waals surface area (Å²) in [5, 5.41) is 7.90. The van der Waals surface area contributed by atoms with Crippen molar-refractivity contribution in [2.24, 2.45) is 0 Å². The van der Waals surface area contributed by atoms with Crippen molar-refractivity contribution in [1.29, 1.82) is 0 Å². The van der Waals surface area contributed by atoms with Crippen LogP contribution in [0, 0.1) is 6.92 Å². The van der Waals surface area contributed by atoms with Crippen molar-refractivity contribution in [3.8, 4) is 16.9 Å². The highest BCUT2D eigenvalue weighted by atomic mass is 16.1. The van der Waals surface area contributed by atoms with Gasteiger partial charge in [-0.3, -0.25) is 9.78 Å². The number of carbonyl (C=O) groups excluding carboxylic acids is 1. The first-order chi connectivity index (χ1) is 15.2. The Labute approximate surface area is 180 Å². The molecule has 3 heterocycles. The molecule has 1 aliphatic rings. The highest BCUT2D eigenvalue weighted by Crippen LogP contribution is 2.24. The Hall–Kier alpha value is -3.87. The third kappa shape index (κ3) is 3.94. The molecule has 0 saturated heterocycles. The van der Waals surface area contributed by atoms with Gasteiger partial charge in [-0.15, -0.1) is 0 Å². The first-order valence-corrected chi connectivity index (χ1v) is 10.3. The predicted molar refractivity (Wildman–Crippen MR) is 117 cm³/mol. The molecule has 1 aromatic carbocycles. The highest BCUT2D eigenvalue weighted by molar-refractivity contribution is 6.00. The summed E-state index contributed by atoms with van der Waals surface area (Å²) in [5.41, 5.74) is 5.04. The van der Waals surface area contributed by atoms with Gasteiger partial charge in [0.25, 0.3) is 5.91 Å². The minimum absolute atomic E-state index is 0.0353. The molecule has 0 radical (unpaired) electrons. The van der Waals surface area contributed by atoms with Gasteiger partial charge < -0.3 is 5.32 Å². The molecule has 5 rings (SSSR count). The first kappa shape index (κ1) is 19.1. The van der Waals surface area contributed by atoms with Crippen LogP contribution < -0.4 is 5.32 Å². The largest absolute Gasteiger partial charge is 0.349 e. The lowest BCUT2D eigenvalue weighted by atomic mass is 9.92. The van der Waals surface area contributed by atoms with E-state index in [0.717, 1.165) is 47.6 Å². The van der Waals surface area contributed by atoms with E-state index in [1.54, 1.807) is 23.3 Å². The lowest BCUT2D eigenvalue weighted by Crippen LogP contribution is -2.39. The number of hydrogen-bond acceptors (Lipinski definition) is 5. The topological polar surface area (TPSA) is 85.6 Å². The number of nitrogens with zero attached hydrogens (tertiary/aromatic N) is 5. The molecule has 1 amide bonds. The number of aryl methyl sites for hydroxylation is 2. The summed E-state index contributed by atoms with van der Waals surface area (Å²) >= 11 is 0. The van der Waals surface area contributed by atoms with E-state index in [1.807, 2.05) is 55.6 Å². The number of nitrogens with one attached hydrogen (secondary N) is 1. The summed E-state index contributed by atoms with van der Waals surface area (Å²) in [7, 11) is 0. The molecule has 3 aromatic heterocycles. The maximum Gasteiger partial charge on any atom is 0.255 e. The normalized spacial score (nSPS) is 15.3. The lowest BCUT2D eigenvalue weighted by molar-refractivity contribution is 0.0934. The number of pyridine rings is 1. The van der Waals surface area contributed by atoms with Crippen molar-refractivity contribution < 1.29 is 4.79 Å². The van der Waals surface area contributed by atoms with Gasteiger partial charge in [0.1, 0.15) is 11.5 Å². The van der Waals surface area contributed by atoms with Gasteiger partial charge in [-0.1, -0.05) is 18.2 Å². The van der Waals surface area contributed by atoms with Crippen LogP contribution in [0.1, 0.15) is 33.9 Å². The number of amides is 1. The second-order valence-electron chi connectivity index (χ2n) is 7.72. The molecular formula is C24H22N6O. The SMILES string of the molecule is Cc1ncc2c(n1)CCC(NC(=O)c1cn(-c3ccccc3)nc1-c1cccnc1)C2. The first-order valence-electron chi connectivity index (χ1n) is 10.3. The third-order valence-electron chi connectivity index (χ3n) is 5.52. The Morgan fingerprint density at radius 3 is 2.81 bits per heavy atom. The Morgan fingerprint density at radius 1 is 1.13 bits per heavy atom. The van der Waals surface area contributed by atoms with Gasteiger partial charge in [0.2, 0.25) is 0 Å². The van der Waals surface area contributed by atoms with E-state index in [0.29, 0.717) is 11.3 Å². The standard InChI is InChI=1S/C24H22N6O/c1-16-26-14-18-12-19(9-10-22(18)27-16)28-24(31)21-15-30(20-7-3-2-4-8-20)29-23(21)17-6-5-11-25-13-17/h2-8,11,13-15,19H,9-10,12H2,1H3,(H,28,31). The van der Waals surface area contributed by atoms with Gasteiger partial charge in [0.15, 0.2) is 0 Å². The summed E-state index contributed by atoms with van der Waals surface area (Å²) in [6.07, 6.45) is 9.52. The van der Waals surface area contributed by atoms with Gasteiger partial charge in [-0.25, -0.2) is 14.6 Å². The van der Waals surface area contributed by atoms with Crippen molar-refractivity contribution in [1.82, 2.24) is 30.0 Å². The lowest BCUT2D eigenvalue weighted by Gasteiger charge is -2.24. The maximum atomic E-state index is 13.3. The summed E-state index contributed by atoms with van der Waals surface area (Å²) < 4.78 is 1.74. The van der Waals surface area contributed by atoms with E-state index in [1.165, 1.54) is 0 Å². The fourth-order valence-corrected chi connectivity index (χ4v) is 3.96. The monoisotopic (exact) mass is 410 g/mol. The maximum absolute atomic E-state index is 13.3. The van der Waals surface area contributed by atoms with Gasteiger partial charge in [0.05, 0.1) is 11.3 Å². The zero-order valence-electron chi connectivity index (χ0n) is 17.2. The summed E-state index contributed by atoms with van der Waals surface area (Å²) in [6, 6.07) is 13.6. The Morgan fingerprint density at radius 2 is 2.00 bits per heavy atom. The molecule has 1 aliphatic carbocycles. The molecule has 0 spiro atoms. The minimum Gasteiger partial charge on any atom is -0.349 e. The van der Waals surface area contributed by atoms with Crippen LogP contribution in [0.15, 0.2) is 67.3 Å². The van der Waals surface area contributed by atoms with Crippen molar-refractivity contribution in [2.45, 2.75) is 32.2 Å². The number of hydrogen-bond donors (Lipinski definition) is 1.